The van der Waals surface area contributed by atoms with Crippen LogP contribution < -0.4 is 10.1 Å². The molecule has 0 aromatic heterocycles. The standard InChI is InChI=1S/C12H13F2NO2/c1-7-6-8(7)11(16)15-9-4-2-3-5-10(9)17-12(13)14/h2-5,7-8,12H,6H2,1H3,(H,15,16)/t7-,8-/m0/s1. The van der Waals surface area contributed by atoms with E-state index in [4.69, 9.17) is 0 Å². The minimum atomic E-state index is -2.90. The summed E-state index contributed by atoms with van der Waals surface area (Å²) in [4.78, 5) is 11.7. The zero-order valence-corrected chi connectivity index (χ0v) is 9.32. The smallest absolute Gasteiger partial charge is 0.387 e. The summed E-state index contributed by atoms with van der Waals surface area (Å²) in [6, 6.07) is 6.18. The Kier molecular flexibility index (Phi) is 3.26. The predicted molar refractivity (Wildman–Crippen MR) is 59.0 cm³/mol. The second-order valence-electron chi connectivity index (χ2n) is 4.18. The number of hydrogen-bond donors (Lipinski definition) is 1. The maximum Gasteiger partial charge on any atom is 0.387 e. The summed E-state index contributed by atoms with van der Waals surface area (Å²) in [6.45, 7) is -0.917. The highest BCUT2D eigenvalue weighted by atomic mass is 19.3. The Balaban J connectivity index is 2.06. The van der Waals surface area contributed by atoms with Gasteiger partial charge in [-0.3, -0.25) is 4.79 Å². The van der Waals surface area contributed by atoms with Crippen molar-refractivity contribution in [3.05, 3.63) is 24.3 Å². The van der Waals surface area contributed by atoms with Gasteiger partial charge in [0.15, 0.2) is 0 Å². The fourth-order valence-electron chi connectivity index (χ4n) is 1.68. The molecule has 5 heteroatoms. The first-order chi connectivity index (χ1) is 8.08. The van der Waals surface area contributed by atoms with Crippen molar-refractivity contribution in [2.24, 2.45) is 11.8 Å². The van der Waals surface area contributed by atoms with E-state index in [1.807, 2.05) is 6.92 Å². The third-order valence-corrected chi connectivity index (χ3v) is 2.81. The predicted octanol–water partition coefficient (Wildman–Crippen LogP) is 2.88. The van der Waals surface area contributed by atoms with Crippen molar-refractivity contribution in [3.8, 4) is 5.75 Å². The van der Waals surface area contributed by atoms with Gasteiger partial charge in [-0.1, -0.05) is 19.1 Å². The third-order valence-electron chi connectivity index (χ3n) is 2.81. The summed E-state index contributed by atoms with van der Waals surface area (Å²) < 4.78 is 28.6. The fraction of sp³-hybridized carbons (Fsp3) is 0.417. The van der Waals surface area contributed by atoms with Gasteiger partial charge in [-0.25, -0.2) is 0 Å². The van der Waals surface area contributed by atoms with E-state index >= 15 is 0 Å². The number of anilines is 1. The van der Waals surface area contributed by atoms with Gasteiger partial charge in [0.05, 0.1) is 5.69 Å². The number of halogens is 2. The van der Waals surface area contributed by atoms with Gasteiger partial charge in [0.25, 0.3) is 0 Å². The first-order valence-corrected chi connectivity index (χ1v) is 5.42. The zero-order chi connectivity index (χ0) is 12.4. The number of alkyl halides is 2. The van der Waals surface area contributed by atoms with E-state index in [0.717, 1.165) is 6.42 Å². The van der Waals surface area contributed by atoms with E-state index < -0.39 is 6.61 Å². The third kappa shape index (κ3) is 2.93. The zero-order valence-electron chi connectivity index (χ0n) is 9.32. The Morgan fingerprint density at radius 3 is 2.71 bits per heavy atom. The molecule has 1 aromatic carbocycles. The number of amides is 1. The molecule has 2 rings (SSSR count). The van der Waals surface area contributed by atoms with Gasteiger partial charge in [-0.05, 0) is 24.5 Å². The Hall–Kier alpha value is -1.65. The Labute approximate surface area is 97.8 Å². The molecule has 1 N–H and O–H groups in total. The van der Waals surface area contributed by atoms with Crippen LogP contribution in [0.2, 0.25) is 0 Å². The van der Waals surface area contributed by atoms with Crippen LogP contribution >= 0.6 is 0 Å². The molecule has 1 aromatic rings. The van der Waals surface area contributed by atoms with Crippen molar-refractivity contribution in [2.45, 2.75) is 20.0 Å². The molecular weight excluding hydrogens is 228 g/mol. The number of nitrogens with one attached hydrogen (secondary N) is 1. The largest absolute Gasteiger partial charge is 0.433 e. The Morgan fingerprint density at radius 2 is 2.12 bits per heavy atom. The van der Waals surface area contributed by atoms with Crippen LogP contribution in [0.5, 0.6) is 5.75 Å². The van der Waals surface area contributed by atoms with Crippen LogP contribution in [0, 0.1) is 11.8 Å². The van der Waals surface area contributed by atoms with Crippen LogP contribution in [0.4, 0.5) is 14.5 Å². The van der Waals surface area contributed by atoms with Crippen LogP contribution in [0.25, 0.3) is 0 Å². The highest BCUT2D eigenvalue weighted by Crippen LogP contribution is 2.39. The molecule has 0 heterocycles. The van der Waals surface area contributed by atoms with Crippen molar-refractivity contribution in [2.75, 3.05) is 5.32 Å². The van der Waals surface area contributed by atoms with Gasteiger partial charge < -0.3 is 10.1 Å². The molecule has 0 bridgehead atoms. The summed E-state index contributed by atoms with van der Waals surface area (Å²) in [5.74, 6) is 0.222. The highest BCUT2D eigenvalue weighted by Gasteiger charge is 2.39. The van der Waals surface area contributed by atoms with Crippen molar-refractivity contribution in [3.63, 3.8) is 0 Å². The molecule has 3 nitrogen and oxygen atoms in total. The number of rotatable bonds is 4. The molecule has 0 spiro atoms. The van der Waals surface area contributed by atoms with Crippen LogP contribution in [0.15, 0.2) is 24.3 Å². The lowest BCUT2D eigenvalue weighted by atomic mass is 10.2. The summed E-state index contributed by atoms with van der Waals surface area (Å²) in [5, 5.41) is 2.61. The van der Waals surface area contributed by atoms with E-state index in [0.29, 0.717) is 5.92 Å². The maximum absolute atomic E-state index is 12.1. The molecule has 0 aliphatic heterocycles. The number of para-hydroxylation sites is 2. The fourth-order valence-corrected chi connectivity index (χ4v) is 1.68. The first-order valence-electron chi connectivity index (χ1n) is 5.42. The number of hydrogen-bond acceptors (Lipinski definition) is 2. The van der Waals surface area contributed by atoms with Crippen LogP contribution in [-0.2, 0) is 4.79 Å². The number of ether oxygens (including phenoxy) is 1. The lowest BCUT2D eigenvalue weighted by molar-refractivity contribution is -0.117. The van der Waals surface area contributed by atoms with E-state index in [9.17, 15) is 13.6 Å². The van der Waals surface area contributed by atoms with E-state index in [1.54, 1.807) is 18.2 Å². The molecule has 1 aliphatic rings. The summed E-state index contributed by atoms with van der Waals surface area (Å²) in [7, 11) is 0. The molecule has 0 radical (unpaired) electrons. The van der Waals surface area contributed by atoms with Crippen LogP contribution in [0.3, 0.4) is 0 Å². The number of carbonyl (C=O) groups excluding carboxylic acids is 1. The Bertz CT molecular complexity index is 423. The second-order valence-corrected chi connectivity index (χ2v) is 4.18. The molecule has 17 heavy (non-hydrogen) atoms. The SMILES string of the molecule is C[C@H]1C[C@@H]1C(=O)Nc1ccccc1OC(F)F. The van der Waals surface area contributed by atoms with Crippen molar-refractivity contribution in [1.29, 1.82) is 0 Å². The Morgan fingerprint density at radius 1 is 1.47 bits per heavy atom. The van der Waals surface area contributed by atoms with Crippen molar-refractivity contribution in [1.82, 2.24) is 0 Å². The van der Waals surface area contributed by atoms with Crippen molar-refractivity contribution >= 4 is 11.6 Å². The van der Waals surface area contributed by atoms with E-state index in [1.165, 1.54) is 6.07 Å². The summed E-state index contributed by atoms with van der Waals surface area (Å²) >= 11 is 0. The molecule has 1 aliphatic carbocycles. The molecule has 0 unspecified atom stereocenters. The number of benzene rings is 1. The molecule has 92 valence electrons. The minimum Gasteiger partial charge on any atom is -0.433 e. The van der Waals surface area contributed by atoms with Crippen LogP contribution in [0.1, 0.15) is 13.3 Å². The molecule has 1 amide bonds. The minimum absolute atomic E-state index is 0.00499. The average Bonchev–Trinajstić information content (AvgIpc) is 2.98. The van der Waals surface area contributed by atoms with E-state index in [2.05, 4.69) is 10.1 Å². The van der Waals surface area contributed by atoms with Gasteiger partial charge >= 0.3 is 6.61 Å². The van der Waals surface area contributed by atoms with Gasteiger partial charge in [-0.2, -0.15) is 8.78 Å². The quantitative estimate of drug-likeness (QED) is 0.880. The van der Waals surface area contributed by atoms with Gasteiger partial charge in [0, 0.05) is 5.92 Å². The highest BCUT2D eigenvalue weighted by molar-refractivity contribution is 5.95. The molecule has 0 saturated heterocycles. The normalized spacial score (nSPS) is 22.4. The average molecular weight is 241 g/mol. The maximum atomic E-state index is 12.1. The molecule has 2 atom stereocenters. The molecule has 1 fully saturated rings. The molecular formula is C12H13F2NO2. The van der Waals surface area contributed by atoms with Crippen molar-refractivity contribution < 1.29 is 18.3 Å². The lowest BCUT2D eigenvalue weighted by Gasteiger charge is -2.11. The topological polar surface area (TPSA) is 38.3 Å². The molecule has 1 saturated carbocycles. The lowest BCUT2D eigenvalue weighted by Crippen LogP contribution is -2.15. The van der Waals surface area contributed by atoms with Gasteiger partial charge in [-0.15, -0.1) is 0 Å². The monoisotopic (exact) mass is 241 g/mol. The number of carbonyl (C=O) groups is 1. The summed E-state index contributed by atoms with van der Waals surface area (Å²) in [6.07, 6.45) is 0.851. The second kappa shape index (κ2) is 4.69. The van der Waals surface area contributed by atoms with Crippen LogP contribution in [-0.4, -0.2) is 12.5 Å². The van der Waals surface area contributed by atoms with Gasteiger partial charge in [0.1, 0.15) is 5.75 Å². The summed E-state index contributed by atoms with van der Waals surface area (Å²) in [5.41, 5.74) is 0.289. The van der Waals surface area contributed by atoms with E-state index in [-0.39, 0.29) is 23.3 Å². The first kappa shape index (κ1) is 11.8. The van der Waals surface area contributed by atoms with Gasteiger partial charge in [0.2, 0.25) is 5.91 Å².